The molecule has 1 aromatic carbocycles. The Morgan fingerprint density at radius 2 is 1.96 bits per heavy atom. The van der Waals surface area contributed by atoms with Gasteiger partial charge >= 0.3 is 0 Å². The predicted octanol–water partition coefficient (Wildman–Crippen LogP) is 3.36. The summed E-state index contributed by atoms with van der Waals surface area (Å²) in [5.41, 5.74) is 4.40. The fraction of sp³-hybridized carbons (Fsp3) is 0.429. The van der Waals surface area contributed by atoms with Crippen molar-refractivity contribution in [1.82, 2.24) is 15.6 Å². The van der Waals surface area contributed by atoms with Gasteiger partial charge in [-0.25, -0.2) is 0 Å². The van der Waals surface area contributed by atoms with Gasteiger partial charge in [0, 0.05) is 6.20 Å². The standard InChI is InChI=1S/C21H25N3O/c25-21(24-19-7-3-5-16-4-1-2-6-18(16)19)20-14-17(10-13-23-20)15-8-11-22-12-9-15/h1-2,4,6,10,13-15,19,22H,3,5,7-9,11-12H2,(H,24,25)/t19-/m1/s1. The Bertz CT molecular complexity index is 752. The number of nitrogens with one attached hydrogen (secondary N) is 2. The lowest BCUT2D eigenvalue weighted by Crippen LogP contribution is -2.31. The van der Waals surface area contributed by atoms with Crippen LogP contribution in [0.5, 0.6) is 0 Å². The van der Waals surface area contributed by atoms with Crippen LogP contribution in [0.1, 0.15) is 64.8 Å². The Morgan fingerprint density at radius 3 is 2.84 bits per heavy atom. The van der Waals surface area contributed by atoms with E-state index in [4.69, 9.17) is 0 Å². The Morgan fingerprint density at radius 1 is 1.12 bits per heavy atom. The summed E-state index contributed by atoms with van der Waals surface area (Å²) in [5, 5.41) is 6.60. The number of aryl methyl sites for hydroxylation is 1. The summed E-state index contributed by atoms with van der Waals surface area (Å²) < 4.78 is 0. The van der Waals surface area contributed by atoms with Crippen molar-refractivity contribution in [1.29, 1.82) is 0 Å². The molecule has 4 rings (SSSR count). The number of hydrogen-bond donors (Lipinski definition) is 2. The van der Waals surface area contributed by atoms with Crippen LogP contribution in [0.4, 0.5) is 0 Å². The van der Waals surface area contributed by atoms with Crippen molar-refractivity contribution in [3.63, 3.8) is 0 Å². The molecule has 1 aliphatic carbocycles. The van der Waals surface area contributed by atoms with Crippen molar-refractivity contribution >= 4 is 5.91 Å². The van der Waals surface area contributed by atoms with E-state index in [0.29, 0.717) is 11.6 Å². The molecule has 0 bridgehead atoms. The molecule has 1 atom stereocenters. The minimum absolute atomic E-state index is 0.0579. The van der Waals surface area contributed by atoms with Crippen LogP contribution < -0.4 is 10.6 Å². The number of carbonyl (C=O) groups is 1. The van der Waals surface area contributed by atoms with Crippen molar-refractivity contribution in [2.24, 2.45) is 0 Å². The first-order valence-corrected chi connectivity index (χ1v) is 9.36. The number of pyridine rings is 1. The van der Waals surface area contributed by atoms with E-state index >= 15 is 0 Å². The molecule has 25 heavy (non-hydrogen) atoms. The highest BCUT2D eigenvalue weighted by Crippen LogP contribution is 2.30. The van der Waals surface area contributed by atoms with Gasteiger partial charge in [-0.05, 0) is 79.9 Å². The quantitative estimate of drug-likeness (QED) is 0.904. The summed E-state index contributed by atoms with van der Waals surface area (Å²) in [6.07, 6.45) is 7.25. The number of hydrogen-bond acceptors (Lipinski definition) is 3. The number of aromatic nitrogens is 1. The highest BCUT2D eigenvalue weighted by molar-refractivity contribution is 5.92. The van der Waals surface area contributed by atoms with Crippen molar-refractivity contribution in [3.8, 4) is 0 Å². The molecule has 4 nitrogen and oxygen atoms in total. The highest BCUT2D eigenvalue weighted by atomic mass is 16.1. The topological polar surface area (TPSA) is 54.0 Å². The third-order valence-electron chi connectivity index (χ3n) is 5.50. The summed E-state index contributed by atoms with van der Waals surface area (Å²) in [7, 11) is 0. The maximum absolute atomic E-state index is 12.8. The molecule has 0 spiro atoms. The van der Waals surface area contributed by atoms with Crippen LogP contribution in [0, 0.1) is 0 Å². The van der Waals surface area contributed by atoms with Crippen molar-refractivity contribution < 1.29 is 4.79 Å². The minimum atomic E-state index is -0.0579. The van der Waals surface area contributed by atoms with Gasteiger partial charge in [0.25, 0.3) is 5.91 Å². The van der Waals surface area contributed by atoms with E-state index < -0.39 is 0 Å². The Balaban J connectivity index is 1.50. The van der Waals surface area contributed by atoms with Gasteiger partial charge in [-0.15, -0.1) is 0 Å². The van der Waals surface area contributed by atoms with Gasteiger partial charge in [0.1, 0.15) is 5.69 Å². The molecule has 0 radical (unpaired) electrons. The van der Waals surface area contributed by atoms with Gasteiger partial charge in [0.15, 0.2) is 0 Å². The zero-order valence-electron chi connectivity index (χ0n) is 14.5. The summed E-state index contributed by atoms with van der Waals surface area (Å²) in [5.74, 6) is 0.476. The molecule has 2 N–H and O–H groups in total. The molecule has 1 aromatic heterocycles. The molecule has 2 heterocycles. The molecule has 1 fully saturated rings. The molecule has 2 aromatic rings. The Labute approximate surface area is 149 Å². The van der Waals surface area contributed by atoms with E-state index in [2.05, 4.69) is 45.9 Å². The molecule has 0 unspecified atom stereocenters. The summed E-state index contributed by atoms with van der Waals surface area (Å²) in [6, 6.07) is 12.6. The van der Waals surface area contributed by atoms with E-state index in [-0.39, 0.29) is 11.9 Å². The highest BCUT2D eigenvalue weighted by Gasteiger charge is 2.23. The maximum atomic E-state index is 12.8. The van der Waals surface area contributed by atoms with Crippen LogP contribution in [0.15, 0.2) is 42.6 Å². The molecule has 0 saturated carbocycles. The van der Waals surface area contributed by atoms with Gasteiger partial charge in [-0.1, -0.05) is 24.3 Å². The number of carbonyl (C=O) groups excluding carboxylic acids is 1. The fourth-order valence-corrected chi connectivity index (χ4v) is 4.12. The normalized spacial score (nSPS) is 20.7. The van der Waals surface area contributed by atoms with Crippen LogP contribution in [-0.2, 0) is 6.42 Å². The van der Waals surface area contributed by atoms with Gasteiger partial charge in [-0.3, -0.25) is 9.78 Å². The second kappa shape index (κ2) is 7.36. The SMILES string of the molecule is O=C(N[C@@H]1CCCc2ccccc21)c1cc(C2CCNCC2)ccn1. The molecule has 1 aliphatic heterocycles. The van der Waals surface area contributed by atoms with Crippen molar-refractivity contribution in [2.45, 2.75) is 44.1 Å². The molecule has 1 amide bonds. The maximum Gasteiger partial charge on any atom is 0.270 e. The Kier molecular flexibility index (Phi) is 4.79. The Hall–Kier alpha value is -2.20. The van der Waals surface area contributed by atoms with Crippen LogP contribution >= 0.6 is 0 Å². The minimum Gasteiger partial charge on any atom is -0.344 e. The van der Waals surface area contributed by atoms with Crippen molar-refractivity contribution in [2.75, 3.05) is 13.1 Å². The largest absolute Gasteiger partial charge is 0.344 e. The first-order chi connectivity index (χ1) is 12.3. The van der Waals surface area contributed by atoms with E-state index in [0.717, 1.165) is 45.2 Å². The van der Waals surface area contributed by atoms with Crippen LogP contribution in [0.2, 0.25) is 0 Å². The fourth-order valence-electron chi connectivity index (χ4n) is 4.12. The number of piperidine rings is 1. The number of rotatable bonds is 3. The first kappa shape index (κ1) is 16.3. The second-order valence-corrected chi connectivity index (χ2v) is 7.12. The zero-order valence-corrected chi connectivity index (χ0v) is 14.5. The van der Waals surface area contributed by atoms with Crippen LogP contribution in [0.3, 0.4) is 0 Å². The average Bonchev–Trinajstić information content (AvgIpc) is 2.69. The number of fused-ring (bicyclic) bond motifs is 1. The lowest BCUT2D eigenvalue weighted by atomic mass is 9.87. The first-order valence-electron chi connectivity index (χ1n) is 9.36. The van der Waals surface area contributed by atoms with E-state index in [1.54, 1.807) is 6.20 Å². The van der Waals surface area contributed by atoms with Crippen LogP contribution in [-0.4, -0.2) is 24.0 Å². The summed E-state index contributed by atoms with van der Waals surface area (Å²) in [4.78, 5) is 17.1. The number of amides is 1. The van der Waals surface area contributed by atoms with Gasteiger partial charge < -0.3 is 10.6 Å². The van der Waals surface area contributed by atoms with Crippen molar-refractivity contribution in [3.05, 3.63) is 65.0 Å². The second-order valence-electron chi connectivity index (χ2n) is 7.12. The molecule has 1 saturated heterocycles. The molecule has 2 aliphatic rings. The molecule has 4 heteroatoms. The summed E-state index contributed by atoms with van der Waals surface area (Å²) >= 11 is 0. The van der Waals surface area contributed by atoms with E-state index in [1.807, 2.05) is 6.07 Å². The van der Waals surface area contributed by atoms with E-state index in [1.165, 1.54) is 16.7 Å². The van der Waals surface area contributed by atoms with Gasteiger partial charge in [0.2, 0.25) is 0 Å². The third kappa shape index (κ3) is 3.59. The average molecular weight is 335 g/mol. The lowest BCUT2D eigenvalue weighted by molar-refractivity contribution is 0.0927. The van der Waals surface area contributed by atoms with Crippen LogP contribution in [0.25, 0.3) is 0 Å². The molecule has 130 valence electrons. The molecular formula is C21H25N3O. The zero-order chi connectivity index (χ0) is 17.1. The molecular weight excluding hydrogens is 310 g/mol. The van der Waals surface area contributed by atoms with Gasteiger partial charge in [0.05, 0.1) is 6.04 Å². The van der Waals surface area contributed by atoms with Gasteiger partial charge in [-0.2, -0.15) is 0 Å². The summed E-state index contributed by atoms with van der Waals surface area (Å²) in [6.45, 7) is 2.10. The number of nitrogens with zero attached hydrogens (tertiary/aromatic N) is 1. The lowest BCUT2D eigenvalue weighted by Gasteiger charge is -2.26. The smallest absolute Gasteiger partial charge is 0.270 e. The van der Waals surface area contributed by atoms with E-state index in [9.17, 15) is 4.79 Å². The predicted molar refractivity (Wildman–Crippen MR) is 98.7 cm³/mol. The monoisotopic (exact) mass is 335 g/mol. The third-order valence-corrected chi connectivity index (χ3v) is 5.50. The number of benzene rings is 1.